The lowest BCUT2D eigenvalue weighted by Gasteiger charge is -2.22. The van der Waals surface area contributed by atoms with Gasteiger partial charge in [-0.25, -0.2) is 4.79 Å². The van der Waals surface area contributed by atoms with Gasteiger partial charge in [0.15, 0.2) is 0 Å². The summed E-state index contributed by atoms with van der Waals surface area (Å²) < 4.78 is 5.30. The van der Waals surface area contributed by atoms with Gasteiger partial charge < -0.3 is 21.1 Å². The fourth-order valence-corrected chi connectivity index (χ4v) is 2.30. The van der Waals surface area contributed by atoms with Crippen LogP contribution in [-0.2, 0) is 17.8 Å². The van der Waals surface area contributed by atoms with E-state index in [0.717, 1.165) is 43.7 Å². The largest absolute Gasteiger partial charge is 0.381 e. The van der Waals surface area contributed by atoms with E-state index in [1.807, 2.05) is 24.3 Å². The summed E-state index contributed by atoms with van der Waals surface area (Å²) in [6.45, 7) is 3.37. The van der Waals surface area contributed by atoms with Gasteiger partial charge in [0, 0.05) is 32.8 Å². The highest BCUT2D eigenvalue weighted by molar-refractivity contribution is 5.73. The van der Waals surface area contributed by atoms with Gasteiger partial charge in [-0.2, -0.15) is 0 Å². The second-order valence-corrected chi connectivity index (χ2v) is 5.14. The number of urea groups is 1. The van der Waals surface area contributed by atoms with Crippen molar-refractivity contribution in [3.05, 3.63) is 35.4 Å². The number of nitrogens with one attached hydrogen (secondary N) is 2. The maximum Gasteiger partial charge on any atom is 0.315 e. The second kappa shape index (κ2) is 7.87. The predicted molar refractivity (Wildman–Crippen MR) is 78.1 cm³/mol. The lowest BCUT2D eigenvalue weighted by molar-refractivity contribution is 0.0669. The molecule has 4 N–H and O–H groups in total. The van der Waals surface area contributed by atoms with Gasteiger partial charge in [-0.3, -0.25) is 0 Å². The molecule has 2 amide bonds. The van der Waals surface area contributed by atoms with Crippen LogP contribution < -0.4 is 16.4 Å². The molecule has 1 fully saturated rings. The summed E-state index contributed by atoms with van der Waals surface area (Å²) in [4.78, 5) is 11.7. The van der Waals surface area contributed by atoms with Crippen LogP contribution in [0.1, 0.15) is 24.0 Å². The molecule has 1 aromatic rings. The molecule has 5 nitrogen and oxygen atoms in total. The number of ether oxygens (including phenoxy) is 1. The van der Waals surface area contributed by atoms with Crippen molar-refractivity contribution in [2.75, 3.05) is 19.8 Å². The second-order valence-electron chi connectivity index (χ2n) is 5.14. The zero-order valence-electron chi connectivity index (χ0n) is 11.7. The summed E-state index contributed by atoms with van der Waals surface area (Å²) >= 11 is 0. The summed E-state index contributed by atoms with van der Waals surface area (Å²) in [7, 11) is 0. The number of carbonyl (C=O) groups is 1. The zero-order chi connectivity index (χ0) is 14.2. The molecule has 1 heterocycles. The van der Waals surface area contributed by atoms with Crippen molar-refractivity contribution in [1.29, 1.82) is 0 Å². The van der Waals surface area contributed by atoms with Gasteiger partial charge in [0.05, 0.1) is 0 Å². The maximum atomic E-state index is 11.7. The van der Waals surface area contributed by atoms with E-state index in [-0.39, 0.29) is 6.03 Å². The minimum absolute atomic E-state index is 0.116. The number of benzene rings is 1. The van der Waals surface area contributed by atoms with E-state index < -0.39 is 0 Å². The summed E-state index contributed by atoms with van der Waals surface area (Å²) in [5, 5.41) is 5.79. The van der Waals surface area contributed by atoms with Gasteiger partial charge >= 0.3 is 6.03 Å². The Hall–Kier alpha value is -1.59. The first-order chi connectivity index (χ1) is 9.78. The van der Waals surface area contributed by atoms with Crippen LogP contribution in [0.5, 0.6) is 0 Å². The van der Waals surface area contributed by atoms with E-state index in [1.165, 1.54) is 0 Å². The Morgan fingerprint density at radius 2 is 2.00 bits per heavy atom. The highest BCUT2D eigenvalue weighted by atomic mass is 16.5. The molecule has 2 rings (SSSR count). The standard InChI is InChI=1S/C15H23N3O2/c16-9-13-2-1-3-14(8-13)11-18-15(19)17-10-12-4-6-20-7-5-12/h1-3,8,12H,4-7,9-11,16H2,(H2,17,18,19). The van der Waals surface area contributed by atoms with E-state index in [2.05, 4.69) is 10.6 Å². The van der Waals surface area contributed by atoms with Gasteiger partial charge in [0.25, 0.3) is 0 Å². The molecule has 0 aliphatic carbocycles. The third kappa shape index (κ3) is 4.83. The highest BCUT2D eigenvalue weighted by Crippen LogP contribution is 2.13. The lowest BCUT2D eigenvalue weighted by Crippen LogP contribution is -2.39. The molecule has 20 heavy (non-hydrogen) atoms. The fraction of sp³-hybridized carbons (Fsp3) is 0.533. The molecule has 110 valence electrons. The van der Waals surface area contributed by atoms with Crippen LogP contribution in [-0.4, -0.2) is 25.8 Å². The predicted octanol–water partition coefficient (Wildman–Crippen LogP) is 1.37. The van der Waals surface area contributed by atoms with Crippen LogP contribution in [0, 0.1) is 5.92 Å². The number of hydrogen-bond acceptors (Lipinski definition) is 3. The molecule has 0 radical (unpaired) electrons. The first-order valence-corrected chi connectivity index (χ1v) is 7.15. The SMILES string of the molecule is NCc1cccc(CNC(=O)NCC2CCOCC2)c1. The van der Waals surface area contributed by atoms with Crippen LogP contribution >= 0.6 is 0 Å². The van der Waals surface area contributed by atoms with Gasteiger partial charge in [0.1, 0.15) is 0 Å². The van der Waals surface area contributed by atoms with Gasteiger partial charge in [-0.1, -0.05) is 24.3 Å². The molecule has 0 bridgehead atoms. The third-order valence-corrected chi connectivity index (χ3v) is 3.57. The number of carbonyl (C=O) groups excluding carboxylic acids is 1. The molecular formula is C15H23N3O2. The molecule has 1 aromatic carbocycles. The number of amides is 2. The van der Waals surface area contributed by atoms with E-state index in [9.17, 15) is 4.79 Å². The highest BCUT2D eigenvalue weighted by Gasteiger charge is 2.14. The molecule has 0 atom stereocenters. The van der Waals surface area contributed by atoms with E-state index in [4.69, 9.17) is 10.5 Å². The minimum atomic E-state index is -0.116. The van der Waals surface area contributed by atoms with Crippen LogP contribution in [0.3, 0.4) is 0 Å². The molecule has 0 saturated carbocycles. The summed E-state index contributed by atoms with van der Waals surface area (Å²) in [6.07, 6.45) is 2.05. The topological polar surface area (TPSA) is 76.4 Å². The van der Waals surface area contributed by atoms with Crippen molar-refractivity contribution in [3.8, 4) is 0 Å². The molecule has 0 spiro atoms. The van der Waals surface area contributed by atoms with E-state index in [1.54, 1.807) is 0 Å². The van der Waals surface area contributed by atoms with Crippen molar-refractivity contribution >= 4 is 6.03 Å². The average molecular weight is 277 g/mol. The van der Waals surface area contributed by atoms with Gasteiger partial charge in [-0.05, 0) is 29.9 Å². The van der Waals surface area contributed by atoms with Gasteiger partial charge in [-0.15, -0.1) is 0 Å². The molecular weight excluding hydrogens is 254 g/mol. The van der Waals surface area contributed by atoms with E-state index >= 15 is 0 Å². The van der Waals surface area contributed by atoms with Crippen molar-refractivity contribution in [2.24, 2.45) is 11.7 Å². The number of rotatable bonds is 5. The first-order valence-electron chi connectivity index (χ1n) is 7.15. The lowest BCUT2D eigenvalue weighted by atomic mass is 10.0. The normalized spacial score (nSPS) is 15.8. The fourth-order valence-electron chi connectivity index (χ4n) is 2.30. The zero-order valence-corrected chi connectivity index (χ0v) is 11.7. The molecule has 5 heteroatoms. The Kier molecular flexibility index (Phi) is 5.83. The maximum absolute atomic E-state index is 11.7. The molecule has 0 unspecified atom stereocenters. The Bertz CT molecular complexity index is 431. The summed E-state index contributed by atoms with van der Waals surface area (Å²) in [6, 6.07) is 7.82. The molecule has 0 aromatic heterocycles. The third-order valence-electron chi connectivity index (χ3n) is 3.57. The number of nitrogens with two attached hydrogens (primary N) is 1. The quantitative estimate of drug-likeness (QED) is 0.761. The van der Waals surface area contributed by atoms with Crippen LogP contribution in [0.15, 0.2) is 24.3 Å². The Labute approximate surface area is 119 Å². The summed E-state index contributed by atoms with van der Waals surface area (Å²) in [5.41, 5.74) is 7.73. The minimum Gasteiger partial charge on any atom is -0.381 e. The van der Waals surface area contributed by atoms with Crippen LogP contribution in [0.25, 0.3) is 0 Å². The van der Waals surface area contributed by atoms with Crippen LogP contribution in [0.4, 0.5) is 4.79 Å². The van der Waals surface area contributed by atoms with Crippen molar-refractivity contribution in [1.82, 2.24) is 10.6 Å². The van der Waals surface area contributed by atoms with Gasteiger partial charge in [0.2, 0.25) is 0 Å². The van der Waals surface area contributed by atoms with Crippen molar-refractivity contribution in [2.45, 2.75) is 25.9 Å². The smallest absolute Gasteiger partial charge is 0.315 e. The molecule has 1 saturated heterocycles. The number of hydrogen-bond donors (Lipinski definition) is 3. The van der Waals surface area contributed by atoms with Crippen LogP contribution in [0.2, 0.25) is 0 Å². The monoisotopic (exact) mass is 277 g/mol. The Morgan fingerprint density at radius 1 is 1.25 bits per heavy atom. The Balaban J connectivity index is 1.68. The summed E-state index contributed by atoms with van der Waals surface area (Å²) in [5.74, 6) is 0.537. The average Bonchev–Trinajstić information content (AvgIpc) is 2.52. The van der Waals surface area contributed by atoms with E-state index in [0.29, 0.717) is 19.0 Å². The van der Waals surface area contributed by atoms with Crippen molar-refractivity contribution in [3.63, 3.8) is 0 Å². The van der Waals surface area contributed by atoms with Crippen molar-refractivity contribution < 1.29 is 9.53 Å². The molecule has 1 aliphatic rings. The molecule has 1 aliphatic heterocycles. The Morgan fingerprint density at radius 3 is 2.75 bits per heavy atom. The first kappa shape index (κ1) is 14.8.